The summed E-state index contributed by atoms with van der Waals surface area (Å²) in [6.07, 6.45) is 4.39. The van der Waals surface area contributed by atoms with Crippen molar-refractivity contribution in [3.63, 3.8) is 0 Å². The van der Waals surface area contributed by atoms with Gasteiger partial charge in [-0.25, -0.2) is 0 Å². The van der Waals surface area contributed by atoms with Gasteiger partial charge in [-0.3, -0.25) is 4.21 Å². The molecule has 0 spiro atoms. The Hall–Kier alpha value is 0.290. The molecule has 1 unspecified atom stereocenters. The standard InChI is InChI=1S/C9H16O2S3/c1-2-6-12-13-7-4-9-14(11)8-3-5-10/h2,4,7,10H,1,3,5-6,8-9H2/b7-4+. The molecular weight excluding hydrogens is 236 g/mol. The molecule has 0 fully saturated rings. The lowest BCUT2D eigenvalue weighted by molar-refractivity contribution is 0.296. The van der Waals surface area contributed by atoms with E-state index in [9.17, 15) is 4.21 Å². The molecule has 0 aromatic carbocycles. The third-order valence-corrected chi connectivity index (χ3v) is 4.49. The lowest BCUT2D eigenvalue weighted by Crippen LogP contribution is -2.01. The molecule has 5 heteroatoms. The number of aliphatic hydroxyl groups excluding tert-OH is 1. The summed E-state index contributed by atoms with van der Waals surface area (Å²) < 4.78 is 11.2. The highest BCUT2D eigenvalue weighted by Gasteiger charge is 1.94. The quantitative estimate of drug-likeness (QED) is 0.388. The third kappa shape index (κ3) is 10.4. The van der Waals surface area contributed by atoms with Crippen LogP contribution >= 0.6 is 21.6 Å². The fourth-order valence-electron chi connectivity index (χ4n) is 0.621. The van der Waals surface area contributed by atoms with E-state index in [4.69, 9.17) is 5.11 Å². The third-order valence-electron chi connectivity index (χ3n) is 1.22. The zero-order chi connectivity index (χ0) is 10.6. The van der Waals surface area contributed by atoms with Crippen molar-refractivity contribution in [2.75, 3.05) is 23.9 Å². The monoisotopic (exact) mass is 252 g/mol. The molecular formula is C9H16O2S3. The zero-order valence-corrected chi connectivity index (χ0v) is 10.5. The van der Waals surface area contributed by atoms with Gasteiger partial charge in [-0.05, 0) is 11.8 Å². The number of rotatable bonds is 9. The molecule has 0 heterocycles. The van der Waals surface area contributed by atoms with Crippen molar-refractivity contribution in [1.82, 2.24) is 0 Å². The Morgan fingerprint density at radius 2 is 2.29 bits per heavy atom. The van der Waals surface area contributed by atoms with Crippen molar-refractivity contribution >= 4 is 32.4 Å². The van der Waals surface area contributed by atoms with E-state index >= 15 is 0 Å². The van der Waals surface area contributed by atoms with E-state index < -0.39 is 10.8 Å². The highest BCUT2D eigenvalue weighted by molar-refractivity contribution is 8.77. The Balaban J connectivity index is 3.31. The van der Waals surface area contributed by atoms with Crippen molar-refractivity contribution in [3.8, 4) is 0 Å². The highest BCUT2D eigenvalue weighted by Crippen LogP contribution is 2.21. The zero-order valence-electron chi connectivity index (χ0n) is 8.05. The first-order valence-corrected chi connectivity index (χ1v) is 8.18. The summed E-state index contributed by atoms with van der Waals surface area (Å²) >= 11 is 0. The van der Waals surface area contributed by atoms with Gasteiger partial charge < -0.3 is 5.11 Å². The lowest BCUT2D eigenvalue weighted by atomic mass is 10.5. The molecule has 0 saturated carbocycles. The minimum Gasteiger partial charge on any atom is -0.396 e. The van der Waals surface area contributed by atoms with Crippen molar-refractivity contribution in [2.45, 2.75) is 6.42 Å². The summed E-state index contributed by atoms with van der Waals surface area (Å²) in [7, 11) is 2.50. The largest absolute Gasteiger partial charge is 0.396 e. The van der Waals surface area contributed by atoms with Crippen molar-refractivity contribution in [1.29, 1.82) is 0 Å². The lowest BCUT2D eigenvalue weighted by Gasteiger charge is -1.95. The maximum absolute atomic E-state index is 11.2. The van der Waals surface area contributed by atoms with E-state index in [-0.39, 0.29) is 6.61 Å². The van der Waals surface area contributed by atoms with Crippen molar-refractivity contribution < 1.29 is 9.32 Å². The van der Waals surface area contributed by atoms with E-state index in [0.29, 0.717) is 17.9 Å². The van der Waals surface area contributed by atoms with Gasteiger partial charge in [0.25, 0.3) is 0 Å². The van der Waals surface area contributed by atoms with Gasteiger partial charge >= 0.3 is 0 Å². The van der Waals surface area contributed by atoms with Crippen LogP contribution in [0.15, 0.2) is 24.1 Å². The fraction of sp³-hybridized carbons (Fsp3) is 0.556. The Kier molecular flexibility index (Phi) is 11.6. The Morgan fingerprint density at radius 1 is 1.50 bits per heavy atom. The van der Waals surface area contributed by atoms with Gasteiger partial charge in [-0.15, -0.1) is 6.58 Å². The van der Waals surface area contributed by atoms with Crippen LogP contribution in [0, 0.1) is 0 Å². The van der Waals surface area contributed by atoms with Crippen LogP contribution < -0.4 is 0 Å². The molecule has 0 bridgehead atoms. The predicted octanol–water partition coefficient (Wildman–Crippen LogP) is 2.20. The summed E-state index contributed by atoms with van der Waals surface area (Å²) in [5, 5.41) is 10.5. The predicted molar refractivity (Wildman–Crippen MR) is 69.0 cm³/mol. The molecule has 1 atom stereocenters. The highest BCUT2D eigenvalue weighted by atomic mass is 33.1. The molecule has 0 amide bonds. The maximum atomic E-state index is 11.2. The number of hydrogen-bond acceptors (Lipinski definition) is 4. The fourth-order valence-corrected chi connectivity index (χ4v) is 3.10. The minimum absolute atomic E-state index is 0.124. The van der Waals surface area contributed by atoms with Crippen LogP contribution in [0.3, 0.4) is 0 Å². The molecule has 2 nitrogen and oxygen atoms in total. The van der Waals surface area contributed by atoms with Gasteiger partial charge in [0.15, 0.2) is 0 Å². The van der Waals surface area contributed by atoms with Crippen LogP contribution in [0.25, 0.3) is 0 Å². The van der Waals surface area contributed by atoms with Gasteiger partial charge in [-0.1, -0.05) is 33.7 Å². The topological polar surface area (TPSA) is 37.3 Å². The molecule has 0 aromatic heterocycles. The number of hydrogen-bond donors (Lipinski definition) is 1. The first-order valence-electron chi connectivity index (χ1n) is 4.31. The van der Waals surface area contributed by atoms with E-state index in [0.717, 1.165) is 5.75 Å². The smallest absolute Gasteiger partial charge is 0.0439 e. The van der Waals surface area contributed by atoms with Gasteiger partial charge in [-0.2, -0.15) is 0 Å². The Labute approximate surface area is 96.1 Å². The molecule has 0 saturated heterocycles. The molecule has 0 aromatic rings. The van der Waals surface area contributed by atoms with E-state index in [1.807, 2.05) is 17.6 Å². The van der Waals surface area contributed by atoms with E-state index in [2.05, 4.69) is 6.58 Å². The number of aliphatic hydroxyl groups is 1. The minimum atomic E-state index is -0.817. The van der Waals surface area contributed by atoms with Gasteiger partial charge in [0.05, 0.1) is 0 Å². The van der Waals surface area contributed by atoms with Crippen LogP contribution in [-0.2, 0) is 10.8 Å². The molecule has 0 aliphatic heterocycles. The average molecular weight is 252 g/mol. The van der Waals surface area contributed by atoms with Crippen LogP contribution in [0.2, 0.25) is 0 Å². The van der Waals surface area contributed by atoms with Gasteiger partial charge in [0.2, 0.25) is 0 Å². The normalized spacial score (nSPS) is 13.2. The summed E-state index contributed by atoms with van der Waals surface area (Å²) in [6.45, 7) is 3.73. The maximum Gasteiger partial charge on any atom is 0.0439 e. The Morgan fingerprint density at radius 3 is 2.93 bits per heavy atom. The molecule has 0 aliphatic carbocycles. The van der Waals surface area contributed by atoms with Crippen LogP contribution in [0.4, 0.5) is 0 Å². The van der Waals surface area contributed by atoms with Crippen LogP contribution in [-0.4, -0.2) is 33.2 Å². The SMILES string of the molecule is C=CCSS/C=C/CS(=O)CCCO. The van der Waals surface area contributed by atoms with Gasteiger partial charge in [0, 0.05) is 34.7 Å². The van der Waals surface area contributed by atoms with E-state index in [1.165, 1.54) is 0 Å². The van der Waals surface area contributed by atoms with E-state index in [1.54, 1.807) is 21.6 Å². The first kappa shape index (κ1) is 14.3. The Bertz CT molecular complexity index is 192. The summed E-state index contributed by atoms with van der Waals surface area (Å²) in [5.41, 5.74) is 0. The second-order valence-corrected chi connectivity index (χ2v) is 6.37. The second-order valence-electron chi connectivity index (χ2n) is 2.43. The molecule has 0 rings (SSSR count). The molecule has 1 N–H and O–H groups in total. The van der Waals surface area contributed by atoms with Gasteiger partial charge in [0.1, 0.15) is 0 Å². The van der Waals surface area contributed by atoms with Crippen molar-refractivity contribution in [2.24, 2.45) is 0 Å². The molecule has 82 valence electrons. The molecule has 0 aliphatic rings. The summed E-state index contributed by atoms with van der Waals surface area (Å²) in [4.78, 5) is 0. The van der Waals surface area contributed by atoms with Crippen molar-refractivity contribution in [3.05, 3.63) is 24.1 Å². The van der Waals surface area contributed by atoms with Crippen LogP contribution in [0.1, 0.15) is 6.42 Å². The average Bonchev–Trinajstić information content (AvgIpc) is 2.20. The first-order chi connectivity index (χ1) is 6.81. The summed E-state index contributed by atoms with van der Waals surface area (Å²) in [5.74, 6) is 2.09. The summed E-state index contributed by atoms with van der Waals surface area (Å²) in [6, 6.07) is 0. The van der Waals surface area contributed by atoms with Crippen LogP contribution in [0.5, 0.6) is 0 Å². The molecule has 14 heavy (non-hydrogen) atoms. The molecule has 0 radical (unpaired) electrons. The second kappa shape index (κ2) is 11.4.